The Hall–Kier alpha value is -2.02. The monoisotopic (exact) mass is 374 g/mol. The molecule has 26 heavy (non-hydrogen) atoms. The van der Waals surface area contributed by atoms with Gasteiger partial charge in [-0.2, -0.15) is 0 Å². The molecule has 2 unspecified atom stereocenters. The molecule has 6 nitrogen and oxygen atoms in total. The molecule has 0 radical (unpaired) electrons. The highest BCUT2D eigenvalue weighted by Gasteiger charge is 2.66. The van der Waals surface area contributed by atoms with Gasteiger partial charge in [0.2, 0.25) is 11.8 Å². The van der Waals surface area contributed by atoms with Crippen LogP contribution in [0.3, 0.4) is 0 Å². The number of benzene rings is 1. The number of thioether (sulfide) groups is 1. The van der Waals surface area contributed by atoms with Crippen LogP contribution in [-0.2, 0) is 20.8 Å². The molecule has 4 rings (SSSR count). The van der Waals surface area contributed by atoms with Gasteiger partial charge in [-0.1, -0.05) is 49.6 Å². The van der Waals surface area contributed by atoms with E-state index < -0.39 is 22.8 Å². The zero-order valence-electron chi connectivity index (χ0n) is 14.4. The Morgan fingerprint density at radius 3 is 2.54 bits per heavy atom. The van der Waals surface area contributed by atoms with Crippen LogP contribution < -0.4 is 5.32 Å². The Bertz CT molecular complexity index is 732. The molecule has 138 valence electrons. The number of amides is 2. The normalized spacial score (nSPS) is 29.2. The number of nitrogens with one attached hydrogen (secondary N) is 1. The molecule has 3 fully saturated rings. The zero-order chi connectivity index (χ0) is 18.3. The van der Waals surface area contributed by atoms with Crippen LogP contribution in [0, 0.1) is 0 Å². The lowest BCUT2D eigenvalue weighted by Crippen LogP contribution is -2.71. The van der Waals surface area contributed by atoms with Crippen LogP contribution in [0.2, 0.25) is 0 Å². The largest absolute Gasteiger partial charge is 0.480 e. The van der Waals surface area contributed by atoms with Gasteiger partial charge in [0, 0.05) is 4.75 Å². The fourth-order valence-electron chi connectivity index (χ4n) is 4.47. The SMILES string of the molecule is O=C(Cc1ccccc1)NC1C(=O)N2C(C(=O)O)C3(CCCCC3)S[C@@H]12. The Kier molecular flexibility index (Phi) is 4.42. The van der Waals surface area contributed by atoms with Crippen molar-refractivity contribution in [2.24, 2.45) is 0 Å². The molecule has 3 aliphatic rings. The van der Waals surface area contributed by atoms with Gasteiger partial charge in [0.05, 0.1) is 6.42 Å². The van der Waals surface area contributed by atoms with Crippen molar-refractivity contribution < 1.29 is 19.5 Å². The van der Waals surface area contributed by atoms with Gasteiger partial charge >= 0.3 is 5.97 Å². The third-order valence-corrected chi connectivity index (χ3v) is 7.51. The molecule has 0 aromatic heterocycles. The molecular weight excluding hydrogens is 352 g/mol. The third-order valence-electron chi connectivity index (χ3n) is 5.67. The number of carboxylic acid groups (broad SMARTS) is 1. The molecule has 7 heteroatoms. The number of aliphatic carboxylic acids is 1. The minimum Gasteiger partial charge on any atom is -0.480 e. The predicted molar refractivity (Wildman–Crippen MR) is 97.5 cm³/mol. The van der Waals surface area contributed by atoms with Crippen LogP contribution in [0.25, 0.3) is 0 Å². The van der Waals surface area contributed by atoms with Crippen molar-refractivity contribution in [2.45, 2.75) is 60.7 Å². The number of carbonyl (C=O) groups excluding carboxylic acids is 2. The molecule has 1 spiro atoms. The van der Waals surface area contributed by atoms with Crippen molar-refractivity contribution in [3.63, 3.8) is 0 Å². The molecule has 1 aliphatic carbocycles. The van der Waals surface area contributed by atoms with Crippen LogP contribution in [0.4, 0.5) is 0 Å². The summed E-state index contributed by atoms with van der Waals surface area (Å²) >= 11 is 1.59. The van der Waals surface area contributed by atoms with Crippen LogP contribution in [0.5, 0.6) is 0 Å². The minimum absolute atomic E-state index is 0.203. The lowest BCUT2D eigenvalue weighted by molar-refractivity contribution is -0.161. The average Bonchev–Trinajstić information content (AvgIpc) is 2.92. The van der Waals surface area contributed by atoms with Gasteiger partial charge in [0.25, 0.3) is 0 Å². The Labute approximate surface area is 156 Å². The summed E-state index contributed by atoms with van der Waals surface area (Å²) < 4.78 is -0.399. The quantitative estimate of drug-likeness (QED) is 0.785. The summed E-state index contributed by atoms with van der Waals surface area (Å²) in [4.78, 5) is 38.3. The molecule has 2 saturated heterocycles. The lowest BCUT2D eigenvalue weighted by Gasteiger charge is -2.44. The molecule has 1 aromatic carbocycles. The van der Waals surface area contributed by atoms with E-state index in [1.807, 2.05) is 30.3 Å². The maximum absolute atomic E-state index is 12.6. The molecule has 2 aliphatic heterocycles. The highest BCUT2D eigenvalue weighted by atomic mass is 32.2. The van der Waals surface area contributed by atoms with Gasteiger partial charge in [0.15, 0.2) is 0 Å². The van der Waals surface area contributed by atoms with Crippen molar-refractivity contribution in [2.75, 3.05) is 0 Å². The van der Waals surface area contributed by atoms with Crippen molar-refractivity contribution in [3.8, 4) is 0 Å². The first-order chi connectivity index (χ1) is 12.5. The van der Waals surface area contributed by atoms with E-state index in [4.69, 9.17) is 0 Å². The summed E-state index contributed by atoms with van der Waals surface area (Å²) in [6.07, 6.45) is 4.96. The third kappa shape index (κ3) is 2.78. The highest BCUT2D eigenvalue weighted by Crippen LogP contribution is 2.56. The molecule has 2 N–H and O–H groups in total. The van der Waals surface area contributed by atoms with E-state index >= 15 is 0 Å². The van der Waals surface area contributed by atoms with E-state index in [0.717, 1.165) is 37.7 Å². The Morgan fingerprint density at radius 2 is 1.88 bits per heavy atom. The number of hydrogen-bond acceptors (Lipinski definition) is 4. The van der Waals surface area contributed by atoms with Crippen LogP contribution in [-0.4, -0.2) is 50.0 Å². The number of fused-ring (bicyclic) bond motifs is 1. The molecule has 2 heterocycles. The smallest absolute Gasteiger partial charge is 0.327 e. The maximum atomic E-state index is 12.6. The summed E-state index contributed by atoms with van der Waals surface area (Å²) in [7, 11) is 0. The number of β-lactam (4-membered cyclic amide) rings is 1. The number of rotatable bonds is 4. The van der Waals surface area contributed by atoms with Gasteiger partial charge in [-0.05, 0) is 18.4 Å². The molecule has 3 atom stereocenters. The maximum Gasteiger partial charge on any atom is 0.327 e. The van der Waals surface area contributed by atoms with Crippen molar-refractivity contribution >= 4 is 29.5 Å². The second-order valence-corrected chi connectivity index (χ2v) is 8.86. The van der Waals surface area contributed by atoms with Gasteiger partial charge in [0.1, 0.15) is 17.5 Å². The van der Waals surface area contributed by atoms with Crippen molar-refractivity contribution in [1.82, 2.24) is 10.2 Å². The second kappa shape index (κ2) is 6.61. The van der Waals surface area contributed by atoms with Gasteiger partial charge in [-0.3, -0.25) is 9.59 Å². The topological polar surface area (TPSA) is 86.7 Å². The number of carbonyl (C=O) groups is 3. The number of nitrogens with zero attached hydrogens (tertiary/aromatic N) is 1. The van der Waals surface area contributed by atoms with Crippen molar-refractivity contribution in [1.29, 1.82) is 0 Å². The molecule has 0 bridgehead atoms. The average molecular weight is 374 g/mol. The molecule has 2 amide bonds. The van der Waals surface area contributed by atoms with E-state index in [1.54, 1.807) is 11.8 Å². The minimum atomic E-state index is -0.927. The summed E-state index contributed by atoms with van der Waals surface area (Å²) in [6, 6.07) is 7.99. The Balaban J connectivity index is 1.47. The predicted octanol–water partition coefficient (Wildman–Crippen LogP) is 1.79. The fourth-order valence-corrected chi connectivity index (χ4v) is 6.48. The van der Waals surface area contributed by atoms with Crippen LogP contribution in [0.1, 0.15) is 37.7 Å². The summed E-state index contributed by atoms with van der Waals surface area (Å²) in [6.45, 7) is 0. The van der Waals surface area contributed by atoms with E-state index in [1.165, 1.54) is 4.90 Å². The second-order valence-electron chi connectivity index (χ2n) is 7.33. The van der Waals surface area contributed by atoms with Gasteiger partial charge < -0.3 is 15.3 Å². The summed E-state index contributed by atoms with van der Waals surface area (Å²) in [5, 5.41) is 12.3. The van der Waals surface area contributed by atoms with E-state index in [0.29, 0.717) is 0 Å². The van der Waals surface area contributed by atoms with Crippen LogP contribution >= 0.6 is 11.8 Å². The molecule has 1 saturated carbocycles. The first-order valence-electron chi connectivity index (χ1n) is 9.08. The van der Waals surface area contributed by atoms with Crippen LogP contribution in [0.15, 0.2) is 30.3 Å². The van der Waals surface area contributed by atoms with Gasteiger partial charge in [-0.25, -0.2) is 4.79 Å². The van der Waals surface area contributed by atoms with E-state index in [2.05, 4.69) is 5.32 Å². The first kappa shape index (κ1) is 17.4. The lowest BCUT2D eigenvalue weighted by atomic mass is 9.81. The van der Waals surface area contributed by atoms with Crippen molar-refractivity contribution in [3.05, 3.63) is 35.9 Å². The molecular formula is C19H22N2O4S. The number of hydrogen-bond donors (Lipinski definition) is 2. The summed E-state index contributed by atoms with van der Waals surface area (Å²) in [5.74, 6) is -1.39. The summed E-state index contributed by atoms with van der Waals surface area (Å²) in [5.41, 5.74) is 0.889. The fraction of sp³-hybridized carbons (Fsp3) is 0.526. The number of carboxylic acids is 1. The van der Waals surface area contributed by atoms with E-state index in [9.17, 15) is 19.5 Å². The Morgan fingerprint density at radius 1 is 1.19 bits per heavy atom. The highest BCUT2D eigenvalue weighted by molar-refractivity contribution is 8.01. The molecule has 1 aromatic rings. The zero-order valence-corrected chi connectivity index (χ0v) is 15.2. The van der Waals surface area contributed by atoms with E-state index in [-0.39, 0.29) is 23.6 Å². The van der Waals surface area contributed by atoms with Gasteiger partial charge in [-0.15, -0.1) is 11.8 Å². The standard InChI is InChI=1S/C19H22N2O4S/c22-13(11-12-7-3-1-4-8-12)20-14-16(23)21-15(18(24)25)19(26-17(14)21)9-5-2-6-10-19/h1,3-4,7-8,14-15,17H,2,5-6,9-11H2,(H,20,22)(H,24,25)/t14?,15?,17-/m0/s1. The first-order valence-corrected chi connectivity index (χ1v) is 9.96.